The summed E-state index contributed by atoms with van der Waals surface area (Å²) in [5.74, 6) is 0.568. The summed E-state index contributed by atoms with van der Waals surface area (Å²) in [4.78, 5) is 0. The largest absolute Gasteiger partial charge is 0.290 e. The van der Waals surface area contributed by atoms with E-state index in [1.807, 2.05) is 0 Å². The van der Waals surface area contributed by atoms with Crippen molar-refractivity contribution < 1.29 is 8.39 Å². The lowest BCUT2D eigenvalue weighted by atomic mass is 10.0. The second-order valence-electron chi connectivity index (χ2n) is 9.86. The van der Waals surface area contributed by atoms with Gasteiger partial charge >= 0.3 is 0 Å². The minimum Gasteiger partial charge on any atom is -0.290 e. The van der Waals surface area contributed by atoms with Crippen molar-refractivity contribution in [2.24, 2.45) is 0 Å². The third kappa shape index (κ3) is 26.6. The Hall–Kier alpha value is 0.330. The van der Waals surface area contributed by atoms with Crippen LogP contribution in [0.1, 0.15) is 168 Å². The fourth-order valence-corrected chi connectivity index (χ4v) is 5.91. The normalized spacial score (nSPS) is 13.4. The lowest BCUT2D eigenvalue weighted by Gasteiger charge is -2.08. The molecular weight excluding hydrogens is 432 g/mol. The maximum absolute atomic E-state index is 12.4. The van der Waals surface area contributed by atoms with E-state index in [9.17, 15) is 4.21 Å². The van der Waals surface area contributed by atoms with Gasteiger partial charge in [0.15, 0.2) is 0 Å². The summed E-state index contributed by atoms with van der Waals surface area (Å²) in [6.45, 7) is 5.13. The molecule has 0 aliphatic rings. The molecule has 0 heterocycles. The van der Waals surface area contributed by atoms with Crippen LogP contribution in [0.3, 0.4) is 0 Å². The Labute approximate surface area is 208 Å². The summed E-state index contributed by atoms with van der Waals surface area (Å²) >= 11 is 5.21. The van der Waals surface area contributed by atoms with Gasteiger partial charge in [-0.1, -0.05) is 155 Å². The molecule has 32 heavy (non-hydrogen) atoms. The Morgan fingerprint density at radius 1 is 0.469 bits per heavy atom. The Bertz CT molecular complexity index is 448. The number of rotatable bonds is 27. The minimum absolute atomic E-state index is 0.568. The molecule has 0 fully saturated rings. The van der Waals surface area contributed by atoms with Gasteiger partial charge in [-0.05, 0) is 12.8 Å². The molecule has 0 radical (unpaired) electrons. The SMILES string of the molecule is CCCCCCCCCCCCCCCCS(=O)(=S)OCCCCCCCCCCCC. The molecular formula is C28H58O2S2. The fraction of sp³-hybridized carbons (Fsp3) is 1.00. The van der Waals surface area contributed by atoms with Crippen LogP contribution in [0.15, 0.2) is 0 Å². The van der Waals surface area contributed by atoms with Gasteiger partial charge in [-0.3, -0.25) is 4.18 Å². The average Bonchev–Trinajstić information content (AvgIpc) is 2.77. The van der Waals surface area contributed by atoms with Gasteiger partial charge < -0.3 is 0 Å². The maximum atomic E-state index is 12.4. The highest BCUT2D eigenvalue weighted by molar-refractivity contribution is 8.30. The number of unbranched alkanes of at least 4 members (excludes halogenated alkanes) is 22. The molecule has 4 heteroatoms. The van der Waals surface area contributed by atoms with Crippen LogP contribution in [0.5, 0.6) is 0 Å². The zero-order chi connectivity index (χ0) is 23.6. The molecule has 0 amide bonds. The van der Waals surface area contributed by atoms with Crippen molar-refractivity contribution >= 4 is 20.0 Å². The molecule has 0 aliphatic carbocycles. The third-order valence-corrected chi connectivity index (χ3v) is 8.61. The van der Waals surface area contributed by atoms with Gasteiger partial charge in [0.1, 0.15) is 8.77 Å². The summed E-state index contributed by atoms with van der Waals surface area (Å²) in [5, 5.41) is 0. The molecule has 0 aliphatic heterocycles. The van der Waals surface area contributed by atoms with Crippen LogP contribution in [0.4, 0.5) is 0 Å². The highest BCUT2D eigenvalue weighted by Gasteiger charge is 2.06. The maximum Gasteiger partial charge on any atom is 0.144 e. The Balaban J connectivity index is 3.30. The van der Waals surface area contributed by atoms with Crippen LogP contribution in [-0.4, -0.2) is 16.6 Å². The van der Waals surface area contributed by atoms with Crippen molar-refractivity contribution in [3.63, 3.8) is 0 Å². The topological polar surface area (TPSA) is 26.3 Å². The second kappa shape index (κ2) is 25.9. The van der Waals surface area contributed by atoms with E-state index in [-0.39, 0.29) is 0 Å². The van der Waals surface area contributed by atoms with Gasteiger partial charge in [0, 0.05) is 11.2 Å². The quantitative estimate of drug-likeness (QED) is 0.107. The van der Waals surface area contributed by atoms with E-state index in [2.05, 4.69) is 13.8 Å². The summed E-state index contributed by atoms with van der Waals surface area (Å²) in [5.41, 5.74) is 0. The van der Waals surface area contributed by atoms with Crippen LogP contribution in [-0.2, 0) is 24.1 Å². The first-order valence-corrected chi connectivity index (χ1v) is 17.1. The van der Waals surface area contributed by atoms with Gasteiger partial charge in [-0.15, -0.1) is 0 Å². The van der Waals surface area contributed by atoms with Crippen LogP contribution < -0.4 is 0 Å². The molecule has 0 aromatic rings. The number of hydrogen-bond acceptors (Lipinski definition) is 3. The van der Waals surface area contributed by atoms with Crippen molar-refractivity contribution in [1.82, 2.24) is 0 Å². The first-order chi connectivity index (χ1) is 15.6. The fourth-order valence-electron chi connectivity index (χ4n) is 4.31. The van der Waals surface area contributed by atoms with E-state index in [4.69, 9.17) is 15.4 Å². The average molecular weight is 491 g/mol. The van der Waals surface area contributed by atoms with Crippen LogP contribution in [0, 0.1) is 0 Å². The summed E-state index contributed by atoms with van der Waals surface area (Å²) in [6.07, 6.45) is 31.7. The van der Waals surface area contributed by atoms with E-state index in [0.717, 1.165) is 19.3 Å². The summed E-state index contributed by atoms with van der Waals surface area (Å²) in [7, 11) is -2.47. The highest BCUT2D eigenvalue weighted by atomic mass is 32.8. The van der Waals surface area contributed by atoms with E-state index in [1.54, 1.807) is 0 Å². The zero-order valence-corrected chi connectivity index (χ0v) is 23.7. The third-order valence-electron chi connectivity index (χ3n) is 6.51. The van der Waals surface area contributed by atoms with Crippen molar-refractivity contribution in [2.45, 2.75) is 168 Å². The van der Waals surface area contributed by atoms with Gasteiger partial charge in [-0.2, -0.15) is 0 Å². The molecule has 0 aromatic carbocycles. The summed E-state index contributed by atoms with van der Waals surface area (Å²) in [6, 6.07) is 0. The van der Waals surface area contributed by atoms with Gasteiger partial charge in [-0.25, -0.2) is 4.21 Å². The monoisotopic (exact) mass is 490 g/mol. The lowest BCUT2D eigenvalue weighted by Crippen LogP contribution is -2.10. The smallest absolute Gasteiger partial charge is 0.144 e. The highest BCUT2D eigenvalue weighted by Crippen LogP contribution is 2.14. The molecule has 194 valence electrons. The molecule has 0 bridgehead atoms. The van der Waals surface area contributed by atoms with E-state index < -0.39 is 8.77 Å². The van der Waals surface area contributed by atoms with Crippen molar-refractivity contribution in [3.05, 3.63) is 0 Å². The molecule has 0 rings (SSSR count). The molecule has 0 spiro atoms. The molecule has 1 unspecified atom stereocenters. The van der Waals surface area contributed by atoms with Crippen LogP contribution in [0.25, 0.3) is 0 Å². The first kappa shape index (κ1) is 32.3. The lowest BCUT2D eigenvalue weighted by molar-refractivity contribution is 0.330. The minimum atomic E-state index is -2.47. The second-order valence-corrected chi connectivity index (χ2v) is 13.1. The molecule has 1 atom stereocenters. The molecule has 0 saturated carbocycles. The Morgan fingerprint density at radius 3 is 1.09 bits per heavy atom. The Morgan fingerprint density at radius 2 is 0.750 bits per heavy atom. The Kier molecular flexibility index (Phi) is 26.2. The van der Waals surface area contributed by atoms with E-state index >= 15 is 0 Å². The molecule has 0 aromatic heterocycles. The molecule has 2 nitrogen and oxygen atoms in total. The van der Waals surface area contributed by atoms with Gasteiger partial charge in [0.25, 0.3) is 0 Å². The zero-order valence-electron chi connectivity index (χ0n) is 22.0. The van der Waals surface area contributed by atoms with Crippen LogP contribution in [0.2, 0.25) is 0 Å². The van der Waals surface area contributed by atoms with E-state index in [0.29, 0.717) is 12.4 Å². The predicted molar refractivity (Wildman–Crippen MR) is 148 cm³/mol. The van der Waals surface area contributed by atoms with Crippen molar-refractivity contribution in [3.8, 4) is 0 Å². The van der Waals surface area contributed by atoms with Gasteiger partial charge in [0.05, 0.1) is 12.4 Å². The number of hydrogen-bond donors (Lipinski definition) is 0. The van der Waals surface area contributed by atoms with Gasteiger partial charge in [0.2, 0.25) is 0 Å². The predicted octanol–water partition coefficient (Wildman–Crippen LogP) is 10.1. The summed E-state index contributed by atoms with van der Waals surface area (Å²) < 4.78 is 17.9. The first-order valence-electron chi connectivity index (χ1n) is 14.5. The van der Waals surface area contributed by atoms with Crippen LogP contribution >= 0.6 is 0 Å². The van der Waals surface area contributed by atoms with Crippen molar-refractivity contribution in [1.29, 1.82) is 0 Å². The molecule has 0 N–H and O–H groups in total. The van der Waals surface area contributed by atoms with E-state index in [1.165, 1.54) is 135 Å². The standard InChI is InChI=1S/C28H58O2S2/c1-3-5-7-9-11-13-15-16-17-18-20-22-24-26-28-32(29,31)30-27-25-23-21-19-14-12-10-8-6-4-2/h3-28H2,1-2H3. The van der Waals surface area contributed by atoms with Crippen molar-refractivity contribution in [2.75, 3.05) is 12.4 Å². The molecule has 0 saturated heterocycles.